The number of aliphatic carboxylic acids is 1. The summed E-state index contributed by atoms with van der Waals surface area (Å²) in [5.74, 6) is -2.65. The number of anilines is 1. The smallest absolute Gasteiger partial charge is 0.341 e. The van der Waals surface area contributed by atoms with Crippen LogP contribution in [-0.2, 0) is 14.4 Å². The number of urea groups is 1. The molecule has 0 aromatic heterocycles. The van der Waals surface area contributed by atoms with E-state index in [0.717, 1.165) is 16.0 Å². The minimum Gasteiger partial charge on any atom is -0.481 e. The number of benzene rings is 2. The molecule has 2 N–H and O–H groups in total. The number of carbonyl (C=O) groups excluding carboxylic acids is 3. The average molecular weight is 473 g/mol. The summed E-state index contributed by atoms with van der Waals surface area (Å²) in [7, 11) is 0. The van der Waals surface area contributed by atoms with Crippen molar-refractivity contribution in [2.45, 2.75) is 13.8 Å². The van der Waals surface area contributed by atoms with Crippen molar-refractivity contribution in [3.05, 3.63) is 63.1 Å². The highest BCUT2D eigenvalue weighted by Gasteiger charge is 2.37. The van der Waals surface area contributed by atoms with E-state index in [1.165, 1.54) is 12.1 Å². The number of halogens is 1. The van der Waals surface area contributed by atoms with Gasteiger partial charge < -0.3 is 9.84 Å². The number of aryl methyl sites for hydroxylation is 2. The van der Waals surface area contributed by atoms with Crippen LogP contribution in [0.15, 0.2) is 46.4 Å². The van der Waals surface area contributed by atoms with E-state index in [1.807, 2.05) is 13.8 Å². The van der Waals surface area contributed by atoms with Crippen LogP contribution in [-0.4, -0.2) is 35.5 Å². The molecule has 154 valence electrons. The van der Waals surface area contributed by atoms with Gasteiger partial charge in [-0.15, -0.1) is 0 Å². The monoisotopic (exact) mass is 472 g/mol. The van der Waals surface area contributed by atoms with Gasteiger partial charge in [0.2, 0.25) is 0 Å². The summed E-state index contributed by atoms with van der Waals surface area (Å²) in [4.78, 5) is 49.5. The van der Waals surface area contributed by atoms with Crippen molar-refractivity contribution in [2.24, 2.45) is 0 Å². The Hall–Kier alpha value is -3.46. The van der Waals surface area contributed by atoms with Crippen LogP contribution in [0.4, 0.5) is 10.5 Å². The number of ether oxygens (including phenoxy) is 1. The second kappa shape index (κ2) is 8.50. The molecule has 30 heavy (non-hydrogen) atoms. The maximum absolute atomic E-state index is 13.0. The number of hydrogen-bond donors (Lipinski definition) is 2. The maximum Gasteiger partial charge on any atom is 0.341 e. The third-order valence-corrected chi connectivity index (χ3v) is 4.97. The van der Waals surface area contributed by atoms with E-state index in [2.05, 4.69) is 21.2 Å². The summed E-state index contributed by atoms with van der Waals surface area (Å²) in [6.45, 7) is 3.16. The number of imide groups is 2. The molecule has 4 amide bonds. The fraction of sp³-hybridized carbons (Fsp3) is 0.143. The van der Waals surface area contributed by atoms with E-state index in [1.54, 1.807) is 30.3 Å². The lowest BCUT2D eigenvalue weighted by molar-refractivity contribution is -0.139. The summed E-state index contributed by atoms with van der Waals surface area (Å²) >= 11 is 3.29. The Morgan fingerprint density at radius 2 is 1.87 bits per heavy atom. The zero-order valence-electron chi connectivity index (χ0n) is 16.1. The molecule has 3 rings (SSSR count). The quantitative estimate of drug-likeness (QED) is 0.510. The van der Waals surface area contributed by atoms with E-state index < -0.39 is 30.4 Å². The van der Waals surface area contributed by atoms with Gasteiger partial charge in [0.1, 0.15) is 11.3 Å². The Balaban J connectivity index is 2.03. The lowest BCUT2D eigenvalue weighted by atomic mass is 10.0. The maximum atomic E-state index is 13.0. The number of nitrogens with one attached hydrogen (secondary N) is 1. The first-order chi connectivity index (χ1) is 14.2. The third kappa shape index (κ3) is 4.41. The molecule has 1 fully saturated rings. The van der Waals surface area contributed by atoms with Crippen molar-refractivity contribution >= 4 is 51.5 Å². The summed E-state index contributed by atoms with van der Waals surface area (Å²) in [6.07, 6.45) is 1.26. The van der Waals surface area contributed by atoms with Crippen molar-refractivity contribution in [3.63, 3.8) is 0 Å². The van der Waals surface area contributed by atoms with Crippen LogP contribution in [0.3, 0.4) is 0 Å². The van der Waals surface area contributed by atoms with E-state index in [0.29, 0.717) is 15.7 Å². The third-order valence-electron chi connectivity index (χ3n) is 4.47. The van der Waals surface area contributed by atoms with Gasteiger partial charge in [-0.25, -0.2) is 14.5 Å². The van der Waals surface area contributed by atoms with Crippen LogP contribution in [0, 0.1) is 13.8 Å². The van der Waals surface area contributed by atoms with Crippen LogP contribution in [0.2, 0.25) is 0 Å². The van der Waals surface area contributed by atoms with Crippen LogP contribution in [0.25, 0.3) is 6.08 Å². The number of carboxylic acid groups (broad SMARTS) is 1. The molecule has 2 aromatic carbocycles. The number of carboxylic acids is 1. The molecule has 1 heterocycles. The minimum absolute atomic E-state index is 0.170. The summed E-state index contributed by atoms with van der Waals surface area (Å²) in [5, 5.41) is 11.0. The van der Waals surface area contributed by atoms with Crippen LogP contribution >= 0.6 is 15.9 Å². The van der Waals surface area contributed by atoms with Crippen molar-refractivity contribution in [1.29, 1.82) is 0 Å². The van der Waals surface area contributed by atoms with Crippen LogP contribution < -0.4 is 15.0 Å². The Bertz CT molecular complexity index is 1110. The van der Waals surface area contributed by atoms with Gasteiger partial charge in [-0.1, -0.05) is 22.0 Å². The molecule has 1 aliphatic rings. The van der Waals surface area contributed by atoms with Crippen LogP contribution in [0.1, 0.15) is 16.7 Å². The first-order valence-corrected chi connectivity index (χ1v) is 9.59. The van der Waals surface area contributed by atoms with Gasteiger partial charge in [-0.3, -0.25) is 14.9 Å². The van der Waals surface area contributed by atoms with Gasteiger partial charge in [0, 0.05) is 10.0 Å². The molecule has 0 radical (unpaired) electrons. The molecular weight excluding hydrogens is 456 g/mol. The largest absolute Gasteiger partial charge is 0.481 e. The number of rotatable bonds is 5. The Morgan fingerprint density at radius 3 is 2.53 bits per heavy atom. The summed E-state index contributed by atoms with van der Waals surface area (Å²) < 4.78 is 5.87. The normalized spacial score (nSPS) is 15.4. The second-order valence-electron chi connectivity index (χ2n) is 6.59. The van der Waals surface area contributed by atoms with Gasteiger partial charge in [0.05, 0.1) is 5.69 Å². The fourth-order valence-corrected chi connectivity index (χ4v) is 3.19. The summed E-state index contributed by atoms with van der Waals surface area (Å²) in [6, 6.07) is 8.94. The molecular formula is C21H17BrN2O6. The molecule has 8 nitrogen and oxygen atoms in total. The van der Waals surface area contributed by atoms with Gasteiger partial charge >= 0.3 is 12.0 Å². The predicted molar refractivity (Wildman–Crippen MR) is 112 cm³/mol. The number of hydrogen-bond acceptors (Lipinski definition) is 5. The van der Waals surface area contributed by atoms with Crippen molar-refractivity contribution < 1.29 is 29.0 Å². The summed E-state index contributed by atoms with van der Waals surface area (Å²) in [5.41, 5.74) is 2.22. The molecule has 2 aromatic rings. The molecule has 1 saturated heterocycles. The van der Waals surface area contributed by atoms with Gasteiger partial charge in [-0.05, 0) is 61.4 Å². The zero-order valence-corrected chi connectivity index (χ0v) is 17.6. The molecule has 0 bridgehead atoms. The van der Waals surface area contributed by atoms with Gasteiger partial charge in [0.15, 0.2) is 6.61 Å². The van der Waals surface area contributed by atoms with Crippen LogP contribution in [0.5, 0.6) is 5.75 Å². The number of carbonyl (C=O) groups is 4. The fourth-order valence-electron chi connectivity index (χ4n) is 2.82. The molecule has 9 heteroatoms. The minimum atomic E-state index is -1.17. The molecule has 1 aliphatic heterocycles. The molecule has 0 atom stereocenters. The second-order valence-corrected chi connectivity index (χ2v) is 7.51. The highest BCUT2D eigenvalue weighted by Crippen LogP contribution is 2.28. The lowest BCUT2D eigenvalue weighted by Gasteiger charge is -2.27. The highest BCUT2D eigenvalue weighted by atomic mass is 79.9. The van der Waals surface area contributed by atoms with E-state index in [4.69, 9.17) is 9.84 Å². The van der Waals surface area contributed by atoms with E-state index in [-0.39, 0.29) is 11.3 Å². The predicted octanol–water partition coefficient (Wildman–Crippen LogP) is 3.20. The lowest BCUT2D eigenvalue weighted by Crippen LogP contribution is -2.54. The molecule has 0 unspecified atom stereocenters. The Labute approximate surface area is 180 Å². The first kappa shape index (κ1) is 21.3. The van der Waals surface area contributed by atoms with Crippen molar-refractivity contribution in [3.8, 4) is 5.75 Å². The van der Waals surface area contributed by atoms with E-state index >= 15 is 0 Å². The number of amides is 4. The molecule has 0 aliphatic carbocycles. The topological polar surface area (TPSA) is 113 Å². The zero-order chi connectivity index (χ0) is 22.0. The van der Waals surface area contributed by atoms with Gasteiger partial charge in [-0.2, -0.15) is 0 Å². The molecule has 0 spiro atoms. The Morgan fingerprint density at radius 1 is 1.13 bits per heavy atom. The number of barbiturate groups is 1. The standard InChI is InChI=1S/C21H17BrN2O6/c1-11-3-5-15(7-12(11)2)24-20(28)16(19(27)23-21(24)29)9-13-8-14(22)4-6-17(13)30-10-18(25)26/h3-9H,10H2,1-2H3,(H,25,26)(H,23,27,29)/b16-9+. The van der Waals surface area contributed by atoms with E-state index in [9.17, 15) is 19.2 Å². The highest BCUT2D eigenvalue weighted by molar-refractivity contribution is 9.10. The van der Waals surface area contributed by atoms with Crippen molar-refractivity contribution in [2.75, 3.05) is 11.5 Å². The van der Waals surface area contributed by atoms with Crippen molar-refractivity contribution in [1.82, 2.24) is 5.32 Å². The average Bonchev–Trinajstić information content (AvgIpc) is 2.67. The molecule has 0 saturated carbocycles. The van der Waals surface area contributed by atoms with Gasteiger partial charge in [0.25, 0.3) is 11.8 Å². The first-order valence-electron chi connectivity index (χ1n) is 8.80. The Kier molecular flexibility index (Phi) is 6.02. The number of nitrogens with zero attached hydrogens (tertiary/aromatic N) is 1. The SMILES string of the molecule is Cc1ccc(N2C(=O)NC(=O)/C(=C\c3cc(Br)ccc3OCC(=O)O)C2=O)cc1C.